The minimum atomic E-state index is -5.08. The largest absolute Gasteiger partial charge is 0.490 e. The maximum atomic E-state index is 12.8. The lowest BCUT2D eigenvalue weighted by molar-refractivity contribution is -0.193. The highest BCUT2D eigenvalue weighted by Gasteiger charge is 2.40. The van der Waals surface area contributed by atoms with Gasteiger partial charge in [-0.05, 0) is 42.7 Å². The first-order valence-corrected chi connectivity index (χ1v) is 12.7. The molecule has 1 spiro atoms. The van der Waals surface area contributed by atoms with Crippen molar-refractivity contribution in [3.8, 4) is 0 Å². The van der Waals surface area contributed by atoms with Crippen LogP contribution in [-0.4, -0.2) is 94.6 Å². The monoisotopic (exact) mass is 627 g/mol. The van der Waals surface area contributed by atoms with E-state index in [0.29, 0.717) is 10.6 Å². The minimum Gasteiger partial charge on any atom is -0.475 e. The summed E-state index contributed by atoms with van der Waals surface area (Å²) in [6.07, 6.45) is -4.50. The minimum absolute atomic E-state index is 0.0686. The van der Waals surface area contributed by atoms with Crippen molar-refractivity contribution in [2.24, 2.45) is 5.41 Å². The van der Waals surface area contributed by atoms with Crippen LogP contribution in [-0.2, 0) is 20.9 Å². The van der Waals surface area contributed by atoms with E-state index >= 15 is 0 Å². The summed E-state index contributed by atoms with van der Waals surface area (Å²) in [6.45, 7) is 5.88. The molecule has 3 heterocycles. The number of aromatic nitrogens is 1. The molecule has 1 aromatic carbocycles. The summed E-state index contributed by atoms with van der Waals surface area (Å²) < 4.78 is 69.4. The zero-order chi connectivity index (χ0) is 31.6. The molecule has 0 atom stereocenters. The Hall–Kier alpha value is -3.43. The predicted molar refractivity (Wildman–Crippen MR) is 137 cm³/mol. The normalized spacial score (nSPS) is 17.2. The summed E-state index contributed by atoms with van der Waals surface area (Å²) in [5, 5.41) is 14.8. The van der Waals surface area contributed by atoms with Crippen LogP contribution >= 0.6 is 11.6 Å². The van der Waals surface area contributed by atoms with Gasteiger partial charge in [0.05, 0.1) is 13.2 Å². The fraction of sp³-hybridized carbons (Fsp3) is 0.462. The molecule has 1 aromatic heterocycles. The second-order valence-corrected chi connectivity index (χ2v) is 9.97. The number of carbonyl (C=O) groups is 3. The lowest BCUT2D eigenvalue weighted by Gasteiger charge is -2.42. The molecular weight excluding hydrogens is 600 g/mol. The van der Waals surface area contributed by atoms with Gasteiger partial charge in [0.1, 0.15) is 0 Å². The van der Waals surface area contributed by atoms with Crippen LogP contribution in [0.5, 0.6) is 0 Å². The van der Waals surface area contributed by atoms with E-state index in [2.05, 4.69) is 16.0 Å². The maximum Gasteiger partial charge on any atom is 0.490 e. The molecule has 0 unspecified atom stereocenters. The average molecular weight is 628 g/mol. The molecule has 2 aliphatic rings. The van der Waals surface area contributed by atoms with E-state index in [4.69, 9.17) is 36.1 Å². The third-order valence-electron chi connectivity index (χ3n) is 6.32. The average Bonchev–Trinajstić information content (AvgIpc) is 3.10. The summed E-state index contributed by atoms with van der Waals surface area (Å²) in [6, 6.07) is 11.3. The van der Waals surface area contributed by atoms with Gasteiger partial charge in [-0.15, -0.1) is 0 Å². The van der Waals surface area contributed by atoms with E-state index < -0.39 is 24.3 Å². The van der Waals surface area contributed by atoms with E-state index in [-0.39, 0.29) is 11.3 Å². The molecule has 2 aromatic rings. The molecule has 0 aliphatic carbocycles. The van der Waals surface area contributed by atoms with Crippen LogP contribution < -0.4 is 0 Å². The maximum absolute atomic E-state index is 12.8. The fourth-order valence-electron chi connectivity index (χ4n) is 4.26. The van der Waals surface area contributed by atoms with Crippen molar-refractivity contribution >= 4 is 29.4 Å². The van der Waals surface area contributed by atoms with Crippen LogP contribution in [0.3, 0.4) is 0 Å². The van der Waals surface area contributed by atoms with Crippen LogP contribution in [0.15, 0.2) is 48.8 Å². The molecule has 2 aliphatic heterocycles. The Bertz CT molecular complexity index is 1170. The molecule has 2 fully saturated rings. The number of hydrogen-bond donors (Lipinski definition) is 2. The number of alkyl halides is 6. The van der Waals surface area contributed by atoms with Crippen molar-refractivity contribution in [2.75, 3.05) is 39.4 Å². The molecule has 9 nitrogen and oxygen atoms in total. The van der Waals surface area contributed by atoms with Crippen LogP contribution in [0.25, 0.3) is 0 Å². The number of pyridine rings is 1. The quantitative estimate of drug-likeness (QED) is 0.468. The van der Waals surface area contributed by atoms with Crippen LogP contribution in [0.1, 0.15) is 28.8 Å². The molecule has 0 saturated carbocycles. The van der Waals surface area contributed by atoms with Gasteiger partial charge in [-0.3, -0.25) is 14.7 Å². The van der Waals surface area contributed by atoms with Gasteiger partial charge < -0.3 is 19.8 Å². The van der Waals surface area contributed by atoms with Crippen LogP contribution in [0, 0.1) is 5.41 Å². The summed E-state index contributed by atoms with van der Waals surface area (Å²) in [4.78, 5) is 39.3. The molecule has 0 radical (unpaired) electrons. The van der Waals surface area contributed by atoms with Gasteiger partial charge in [-0.25, -0.2) is 9.59 Å². The number of piperidine rings is 1. The summed E-state index contributed by atoms with van der Waals surface area (Å²) in [5.74, 6) is -5.45. The Labute approximate surface area is 241 Å². The Kier molecular flexibility index (Phi) is 12.6. The Balaban J connectivity index is 0.000000367. The number of halogens is 7. The Morgan fingerprint density at radius 3 is 2.05 bits per heavy atom. The number of aliphatic carboxylic acids is 2. The number of hydrogen-bond acceptors (Lipinski definition) is 6. The number of amides is 1. The number of carboxylic acids is 2. The van der Waals surface area contributed by atoms with Crippen molar-refractivity contribution in [1.82, 2.24) is 14.8 Å². The molecular formula is C26H28ClF6N3O6. The summed E-state index contributed by atoms with van der Waals surface area (Å²) in [7, 11) is 0. The number of rotatable bonds is 3. The van der Waals surface area contributed by atoms with Crippen molar-refractivity contribution < 1.29 is 55.7 Å². The number of ether oxygens (including phenoxy) is 1. The first kappa shape index (κ1) is 34.8. The Morgan fingerprint density at radius 2 is 1.55 bits per heavy atom. The first-order chi connectivity index (χ1) is 19.5. The van der Waals surface area contributed by atoms with Gasteiger partial charge in [-0.2, -0.15) is 26.3 Å². The van der Waals surface area contributed by atoms with Crippen molar-refractivity contribution in [3.05, 3.63) is 64.9 Å². The number of nitrogens with zero attached hydrogens (tertiary/aromatic N) is 3. The highest BCUT2D eigenvalue weighted by atomic mass is 35.5. The molecule has 2 N–H and O–H groups in total. The van der Waals surface area contributed by atoms with Crippen molar-refractivity contribution in [3.63, 3.8) is 0 Å². The fourth-order valence-corrected chi connectivity index (χ4v) is 4.45. The van der Waals surface area contributed by atoms with E-state index in [1.807, 2.05) is 35.5 Å². The summed E-state index contributed by atoms with van der Waals surface area (Å²) >= 11 is 6.05. The van der Waals surface area contributed by atoms with Crippen LogP contribution in [0.2, 0.25) is 5.02 Å². The zero-order valence-electron chi connectivity index (χ0n) is 22.0. The molecule has 1 amide bonds. The van der Waals surface area contributed by atoms with Gasteiger partial charge in [0, 0.05) is 61.1 Å². The molecule has 42 heavy (non-hydrogen) atoms. The van der Waals surface area contributed by atoms with Gasteiger partial charge in [-0.1, -0.05) is 23.7 Å². The molecule has 4 rings (SSSR count). The van der Waals surface area contributed by atoms with E-state index in [1.54, 1.807) is 12.1 Å². The topological polar surface area (TPSA) is 120 Å². The smallest absolute Gasteiger partial charge is 0.475 e. The van der Waals surface area contributed by atoms with E-state index in [1.165, 1.54) is 5.56 Å². The van der Waals surface area contributed by atoms with Gasteiger partial charge in [0.25, 0.3) is 5.91 Å². The lowest BCUT2D eigenvalue weighted by Crippen LogP contribution is -2.48. The standard InChI is InChI=1S/C22H26ClN3O2.2C2HF3O2/c23-20-5-1-4-19(13-20)21(27)26-9-6-22(7-10-26)16-25(11-12-28-17-22)15-18-3-2-8-24-14-18;2*3-2(4,5)1(6)7/h1-5,8,13-14H,6-7,9-12,15-17H2;2*(H,6,7). The second kappa shape index (κ2) is 15.2. The second-order valence-electron chi connectivity index (χ2n) is 9.53. The lowest BCUT2D eigenvalue weighted by atomic mass is 9.78. The zero-order valence-corrected chi connectivity index (χ0v) is 22.8. The van der Waals surface area contributed by atoms with Gasteiger partial charge >= 0.3 is 24.3 Å². The number of benzene rings is 1. The van der Waals surface area contributed by atoms with E-state index in [0.717, 1.165) is 58.8 Å². The summed E-state index contributed by atoms with van der Waals surface area (Å²) in [5.41, 5.74) is 2.01. The van der Waals surface area contributed by atoms with E-state index in [9.17, 15) is 31.1 Å². The highest BCUT2D eigenvalue weighted by molar-refractivity contribution is 6.30. The number of carboxylic acid groups (broad SMARTS) is 2. The molecule has 2 saturated heterocycles. The SMILES string of the molecule is O=C(O)C(F)(F)F.O=C(O)C(F)(F)F.O=C(c1cccc(Cl)c1)N1CCC2(CC1)COCCN(Cc1cccnc1)C2. The van der Waals surface area contributed by atoms with Crippen molar-refractivity contribution in [2.45, 2.75) is 31.7 Å². The highest BCUT2D eigenvalue weighted by Crippen LogP contribution is 2.35. The molecule has 0 bridgehead atoms. The van der Waals surface area contributed by atoms with Gasteiger partial charge in [0.15, 0.2) is 0 Å². The number of likely N-dealkylation sites (tertiary alicyclic amines) is 1. The van der Waals surface area contributed by atoms with Gasteiger partial charge in [0.2, 0.25) is 0 Å². The number of carbonyl (C=O) groups excluding carboxylic acids is 1. The van der Waals surface area contributed by atoms with Crippen LogP contribution in [0.4, 0.5) is 26.3 Å². The predicted octanol–water partition coefficient (Wildman–Crippen LogP) is 4.76. The molecule has 16 heteroatoms. The first-order valence-electron chi connectivity index (χ1n) is 12.4. The molecule has 232 valence electrons. The third kappa shape index (κ3) is 11.4. The van der Waals surface area contributed by atoms with Crippen molar-refractivity contribution in [1.29, 1.82) is 0 Å². The third-order valence-corrected chi connectivity index (χ3v) is 6.55. The Morgan fingerprint density at radius 1 is 0.952 bits per heavy atom.